The predicted molar refractivity (Wildman–Crippen MR) is 59.4 cm³/mol. The van der Waals surface area contributed by atoms with Gasteiger partial charge in [0.05, 0.1) is 6.20 Å². The third-order valence-electron chi connectivity index (χ3n) is 1.92. The maximum atomic E-state index is 5.57. The number of halogens is 1. The number of aryl methyl sites for hydroxylation is 1. The van der Waals surface area contributed by atoms with Crippen LogP contribution in [0.2, 0.25) is 0 Å². The summed E-state index contributed by atoms with van der Waals surface area (Å²) in [5.74, 6) is 1.61. The fraction of sp³-hybridized carbons (Fsp3) is 0.182. The van der Waals surface area contributed by atoms with Crippen LogP contribution >= 0.6 is 15.9 Å². The average molecular weight is 252 g/mol. The smallest absolute Gasteiger partial charge is 0.195 e. The highest BCUT2D eigenvalue weighted by molar-refractivity contribution is 9.09. The lowest BCUT2D eigenvalue weighted by Gasteiger charge is -1.93. The summed E-state index contributed by atoms with van der Waals surface area (Å²) >= 11 is 3.35. The average Bonchev–Trinajstić information content (AvgIpc) is 2.68. The van der Waals surface area contributed by atoms with E-state index in [1.807, 2.05) is 30.3 Å². The summed E-state index contributed by atoms with van der Waals surface area (Å²) in [6, 6.07) is 9.99. The van der Waals surface area contributed by atoms with Gasteiger partial charge in [0.15, 0.2) is 11.7 Å². The second-order valence-electron chi connectivity index (χ2n) is 2.92. The van der Waals surface area contributed by atoms with E-state index in [4.69, 9.17) is 4.42 Å². The van der Waals surface area contributed by atoms with Crippen LogP contribution in [0.3, 0.4) is 0 Å². The first-order valence-corrected chi connectivity index (χ1v) is 5.58. The maximum Gasteiger partial charge on any atom is 0.195 e. The number of nitrogens with zero attached hydrogens (tertiary/aromatic N) is 1. The van der Waals surface area contributed by atoms with Gasteiger partial charge < -0.3 is 4.42 Å². The van der Waals surface area contributed by atoms with Gasteiger partial charge in [-0.25, -0.2) is 4.98 Å². The molecule has 0 spiro atoms. The lowest BCUT2D eigenvalue weighted by Crippen LogP contribution is -1.82. The van der Waals surface area contributed by atoms with Gasteiger partial charge in [-0.3, -0.25) is 0 Å². The Morgan fingerprint density at radius 2 is 2.00 bits per heavy atom. The highest BCUT2D eigenvalue weighted by Crippen LogP contribution is 2.19. The van der Waals surface area contributed by atoms with E-state index >= 15 is 0 Å². The SMILES string of the molecule is BrCCc1ncc(-c2ccccc2)o1. The summed E-state index contributed by atoms with van der Waals surface area (Å²) in [7, 11) is 0. The standard InChI is InChI=1S/C11H10BrNO/c12-7-6-11-13-8-10(14-11)9-4-2-1-3-5-9/h1-5,8H,6-7H2. The van der Waals surface area contributed by atoms with Crippen LogP contribution in [-0.4, -0.2) is 10.3 Å². The lowest BCUT2D eigenvalue weighted by molar-refractivity contribution is 0.515. The third kappa shape index (κ3) is 2.04. The molecular formula is C11H10BrNO. The van der Waals surface area contributed by atoms with Crippen molar-refractivity contribution in [1.29, 1.82) is 0 Å². The molecule has 72 valence electrons. The molecule has 0 radical (unpaired) electrons. The molecule has 2 nitrogen and oxygen atoms in total. The number of benzene rings is 1. The molecule has 0 bridgehead atoms. The van der Waals surface area contributed by atoms with Gasteiger partial charge in [0, 0.05) is 17.3 Å². The molecule has 0 fully saturated rings. The van der Waals surface area contributed by atoms with Crippen LogP contribution < -0.4 is 0 Å². The fourth-order valence-corrected chi connectivity index (χ4v) is 1.58. The van der Waals surface area contributed by atoms with Crippen LogP contribution in [0.25, 0.3) is 11.3 Å². The second kappa shape index (κ2) is 4.42. The monoisotopic (exact) mass is 251 g/mol. The van der Waals surface area contributed by atoms with E-state index in [0.29, 0.717) is 0 Å². The molecule has 2 aromatic rings. The first-order chi connectivity index (χ1) is 6.90. The normalized spacial score (nSPS) is 10.4. The summed E-state index contributed by atoms with van der Waals surface area (Å²) in [6.45, 7) is 0. The Morgan fingerprint density at radius 1 is 1.21 bits per heavy atom. The molecule has 0 saturated heterocycles. The first-order valence-electron chi connectivity index (χ1n) is 4.46. The molecule has 0 amide bonds. The van der Waals surface area contributed by atoms with Crippen LogP contribution in [0, 0.1) is 0 Å². The fourth-order valence-electron chi connectivity index (χ4n) is 1.24. The van der Waals surface area contributed by atoms with Crippen molar-refractivity contribution in [3.63, 3.8) is 0 Å². The molecule has 0 saturated carbocycles. The molecule has 0 N–H and O–H groups in total. The molecule has 14 heavy (non-hydrogen) atoms. The molecular weight excluding hydrogens is 242 g/mol. The minimum Gasteiger partial charge on any atom is -0.441 e. The molecule has 1 heterocycles. The van der Waals surface area contributed by atoms with Crippen molar-refractivity contribution in [3.05, 3.63) is 42.4 Å². The molecule has 0 atom stereocenters. The van der Waals surface area contributed by atoms with Gasteiger partial charge in [0.2, 0.25) is 0 Å². The Balaban J connectivity index is 2.25. The Morgan fingerprint density at radius 3 is 2.71 bits per heavy atom. The highest BCUT2D eigenvalue weighted by atomic mass is 79.9. The lowest BCUT2D eigenvalue weighted by atomic mass is 10.2. The van der Waals surface area contributed by atoms with E-state index in [2.05, 4.69) is 20.9 Å². The Labute approximate surface area is 91.1 Å². The highest BCUT2D eigenvalue weighted by Gasteiger charge is 2.04. The number of oxazole rings is 1. The molecule has 2 rings (SSSR count). The van der Waals surface area contributed by atoms with Gasteiger partial charge in [-0.05, 0) is 0 Å². The van der Waals surface area contributed by atoms with E-state index in [-0.39, 0.29) is 0 Å². The molecule has 0 aliphatic rings. The van der Waals surface area contributed by atoms with Crippen LogP contribution in [0.4, 0.5) is 0 Å². The largest absolute Gasteiger partial charge is 0.441 e. The molecule has 3 heteroatoms. The summed E-state index contributed by atoms with van der Waals surface area (Å²) < 4.78 is 5.57. The van der Waals surface area contributed by atoms with E-state index in [9.17, 15) is 0 Å². The van der Waals surface area contributed by atoms with Crippen molar-refractivity contribution < 1.29 is 4.42 Å². The Bertz CT molecular complexity index is 397. The van der Waals surface area contributed by atoms with Gasteiger partial charge in [-0.1, -0.05) is 46.3 Å². The van der Waals surface area contributed by atoms with Crippen molar-refractivity contribution in [1.82, 2.24) is 4.98 Å². The Hall–Kier alpha value is -1.09. The van der Waals surface area contributed by atoms with Gasteiger partial charge in [-0.15, -0.1) is 0 Å². The quantitative estimate of drug-likeness (QED) is 0.783. The maximum absolute atomic E-state index is 5.57. The molecule has 1 aromatic heterocycles. The second-order valence-corrected chi connectivity index (χ2v) is 3.72. The van der Waals surface area contributed by atoms with Gasteiger partial charge in [0.1, 0.15) is 0 Å². The zero-order chi connectivity index (χ0) is 9.80. The van der Waals surface area contributed by atoms with Gasteiger partial charge in [-0.2, -0.15) is 0 Å². The van der Waals surface area contributed by atoms with Crippen LogP contribution in [0.15, 0.2) is 40.9 Å². The molecule has 0 aliphatic carbocycles. The first kappa shape index (κ1) is 9.46. The van der Waals surface area contributed by atoms with Crippen molar-refractivity contribution in [2.24, 2.45) is 0 Å². The zero-order valence-corrected chi connectivity index (χ0v) is 9.20. The predicted octanol–water partition coefficient (Wildman–Crippen LogP) is 3.28. The number of aromatic nitrogens is 1. The Kier molecular flexibility index (Phi) is 2.99. The third-order valence-corrected chi connectivity index (χ3v) is 2.32. The number of hydrogen-bond acceptors (Lipinski definition) is 2. The van der Waals surface area contributed by atoms with Gasteiger partial charge >= 0.3 is 0 Å². The summed E-state index contributed by atoms with van der Waals surface area (Å²) in [5, 5.41) is 0.877. The minimum atomic E-state index is 0.778. The number of alkyl halides is 1. The minimum absolute atomic E-state index is 0.778. The van der Waals surface area contributed by atoms with Crippen LogP contribution in [-0.2, 0) is 6.42 Å². The molecule has 0 unspecified atom stereocenters. The molecule has 0 aliphatic heterocycles. The number of rotatable bonds is 3. The topological polar surface area (TPSA) is 26.0 Å². The van der Waals surface area contributed by atoms with E-state index in [0.717, 1.165) is 29.0 Å². The van der Waals surface area contributed by atoms with Crippen molar-refractivity contribution >= 4 is 15.9 Å². The van der Waals surface area contributed by atoms with Crippen LogP contribution in [0.1, 0.15) is 5.89 Å². The number of hydrogen-bond donors (Lipinski definition) is 0. The van der Waals surface area contributed by atoms with Crippen molar-refractivity contribution in [3.8, 4) is 11.3 Å². The summed E-state index contributed by atoms with van der Waals surface area (Å²) in [4.78, 5) is 4.19. The summed E-state index contributed by atoms with van der Waals surface area (Å²) in [5.41, 5.74) is 1.07. The van der Waals surface area contributed by atoms with Crippen molar-refractivity contribution in [2.45, 2.75) is 6.42 Å². The summed E-state index contributed by atoms with van der Waals surface area (Å²) in [6.07, 6.45) is 2.60. The van der Waals surface area contributed by atoms with E-state index in [1.165, 1.54) is 0 Å². The van der Waals surface area contributed by atoms with E-state index < -0.39 is 0 Å². The van der Waals surface area contributed by atoms with Crippen LogP contribution in [0.5, 0.6) is 0 Å². The van der Waals surface area contributed by atoms with Gasteiger partial charge in [0.25, 0.3) is 0 Å². The van der Waals surface area contributed by atoms with Crippen molar-refractivity contribution in [2.75, 3.05) is 5.33 Å². The van der Waals surface area contributed by atoms with E-state index in [1.54, 1.807) is 6.20 Å². The zero-order valence-electron chi connectivity index (χ0n) is 7.61. The molecule has 1 aromatic carbocycles.